The standard InChI is InChI=1S/C8H19NO/c1-4-6-9(3)7-5-8(2)10/h8,10H,4-7H2,1-3H3. The van der Waals surface area contributed by atoms with Gasteiger partial charge < -0.3 is 10.0 Å². The monoisotopic (exact) mass is 145 g/mol. The summed E-state index contributed by atoms with van der Waals surface area (Å²) in [4.78, 5) is 2.24. The summed E-state index contributed by atoms with van der Waals surface area (Å²) in [6.45, 7) is 6.14. The first kappa shape index (κ1) is 9.92. The van der Waals surface area contributed by atoms with Gasteiger partial charge in [-0.2, -0.15) is 0 Å². The Labute approximate surface area is 63.8 Å². The summed E-state index contributed by atoms with van der Waals surface area (Å²) in [6, 6.07) is 0. The van der Waals surface area contributed by atoms with Crippen LogP contribution in [0.2, 0.25) is 0 Å². The molecule has 0 amide bonds. The van der Waals surface area contributed by atoms with Gasteiger partial charge in [0.2, 0.25) is 0 Å². The van der Waals surface area contributed by atoms with Gasteiger partial charge in [-0.05, 0) is 33.4 Å². The van der Waals surface area contributed by atoms with Crippen LogP contribution >= 0.6 is 0 Å². The van der Waals surface area contributed by atoms with Crippen molar-refractivity contribution in [3.63, 3.8) is 0 Å². The average Bonchev–Trinajstić information content (AvgIpc) is 1.85. The number of hydrogen-bond donors (Lipinski definition) is 1. The Morgan fingerprint density at radius 3 is 2.40 bits per heavy atom. The van der Waals surface area contributed by atoms with E-state index in [1.165, 1.54) is 6.42 Å². The van der Waals surface area contributed by atoms with Crippen molar-refractivity contribution in [2.24, 2.45) is 0 Å². The maximum atomic E-state index is 8.94. The molecule has 0 aromatic carbocycles. The van der Waals surface area contributed by atoms with E-state index in [0.717, 1.165) is 19.5 Å². The third kappa shape index (κ3) is 6.05. The molecule has 0 radical (unpaired) electrons. The predicted molar refractivity (Wildman–Crippen MR) is 44.1 cm³/mol. The minimum atomic E-state index is -0.153. The summed E-state index contributed by atoms with van der Waals surface area (Å²) in [7, 11) is 2.09. The maximum absolute atomic E-state index is 8.94. The first-order valence-electron chi connectivity index (χ1n) is 4.03. The Morgan fingerprint density at radius 1 is 1.40 bits per heavy atom. The van der Waals surface area contributed by atoms with Crippen molar-refractivity contribution in [1.82, 2.24) is 4.90 Å². The van der Waals surface area contributed by atoms with Crippen LogP contribution in [0.4, 0.5) is 0 Å². The highest BCUT2D eigenvalue weighted by atomic mass is 16.3. The zero-order valence-electron chi connectivity index (χ0n) is 7.30. The number of rotatable bonds is 5. The molecule has 1 N–H and O–H groups in total. The van der Waals surface area contributed by atoms with E-state index in [1.54, 1.807) is 0 Å². The third-order valence-corrected chi connectivity index (χ3v) is 1.53. The zero-order valence-corrected chi connectivity index (χ0v) is 7.30. The zero-order chi connectivity index (χ0) is 7.98. The molecule has 0 aliphatic heterocycles. The van der Waals surface area contributed by atoms with E-state index in [0.29, 0.717) is 0 Å². The Morgan fingerprint density at radius 2 is 2.00 bits per heavy atom. The summed E-state index contributed by atoms with van der Waals surface area (Å²) >= 11 is 0. The van der Waals surface area contributed by atoms with Gasteiger partial charge in [0.25, 0.3) is 0 Å². The van der Waals surface area contributed by atoms with Crippen molar-refractivity contribution in [2.45, 2.75) is 32.8 Å². The molecule has 0 aromatic heterocycles. The highest BCUT2D eigenvalue weighted by molar-refractivity contribution is 4.53. The van der Waals surface area contributed by atoms with Gasteiger partial charge in [-0.25, -0.2) is 0 Å². The van der Waals surface area contributed by atoms with Gasteiger partial charge in [-0.15, -0.1) is 0 Å². The second kappa shape index (κ2) is 5.69. The van der Waals surface area contributed by atoms with Gasteiger partial charge >= 0.3 is 0 Å². The molecule has 62 valence electrons. The summed E-state index contributed by atoms with van der Waals surface area (Å²) in [5.74, 6) is 0. The van der Waals surface area contributed by atoms with Crippen LogP contribution in [0.25, 0.3) is 0 Å². The van der Waals surface area contributed by atoms with Crippen molar-refractivity contribution < 1.29 is 5.11 Å². The molecule has 0 fully saturated rings. The van der Waals surface area contributed by atoms with Gasteiger partial charge in [-0.3, -0.25) is 0 Å². The molecule has 10 heavy (non-hydrogen) atoms. The summed E-state index contributed by atoms with van der Waals surface area (Å²) in [6.07, 6.45) is 1.92. The van der Waals surface area contributed by atoms with E-state index >= 15 is 0 Å². The molecule has 0 saturated heterocycles. The Kier molecular flexibility index (Phi) is 5.64. The van der Waals surface area contributed by atoms with Gasteiger partial charge in [0, 0.05) is 6.54 Å². The highest BCUT2D eigenvalue weighted by Gasteiger charge is 1.98. The van der Waals surface area contributed by atoms with E-state index in [9.17, 15) is 0 Å². The van der Waals surface area contributed by atoms with E-state index in [-0.39, 0.29) is 6.10 Å². The van der Waals surface area contributed by atoms with Crippen LogP contribution in [-0.2, 0) is 0 Å². The van der Waals surface area contributed by atoms with Crippen molar-refractivity contribution in [3.8, 4) is 0 Å². The molecule has 0 saturated carbocycles. The van der Waals surface area contributed by atoms with Crippen molar-refractivity contribution in [2.75, 3.05) is 20.1 Å². The number of aliphatic hydroxyl groups excluding tert-OH is 1. The van der Waals surface area contributed by atoms with Gasteiger partial charge in [0.1, 0.15) is 0 Å². The second-order valence-electron chi connectivity index (χ2n) is 2.94. The Hall–Kier alpha value is -0.0800. The lowest BCUT2D eigenvalue weighted by molar-refractivity contribution is 0.164. The van der Waals surface area contributed by atoms with E-state index in [1.807, 2.05) is 6.92 Å². The third-order valence-electron chi connectivity index (χ3n) is 1.53. The minimum absolute atomic E-state index is 0.153. The van der Waals surface area contributed by atoms with Crippen molar-refractivity contribution in [3.05, 3.63) is 0 Å². The molecule has 0 spiro atoms. The molecule has 0 heterocycles. The Balaban J connectivity index is 3.12. The fourth-order valence-electron chi connectivity index (χ4n) is 0.901. The smallest absolute Gasteiger partial charge is 0.0524 e. The van der Waals surface area contributed by atoms with Crippen LogP contribution in [0.15, 0.2) is 0 Å². The first-order valence-corrected chi connectivity index (χ1v) is 4.03. The lowest BCUT2D eigenvalue weighted by Gasteiger charge is -2.15. The summed E-state index contributed by atoms with van der Waals surface area (Å²) in [5, 5.41) is 8.94. The van der Waals surface area contributed by atoms with Crippen molar-refractivity contribution in [1.29, 1.82) is 0 Å². The lowest BCUT2D eigenvalue weighted by Crippen LogP contribution is -2.23. The van der Waals surface area contributed by atoms with Crippen LogP contribution < -0.4 is 0 Å². The van der Waals surface area contributed by atoms with Crippen LogP contribution in [0.1, 0.15) is 26.7 Å². The summed E-state index contributed by atoms with van der Waals surface area (Å²) < 4.78 is 0. The highest BCUT2D eigenvalue weighted by Crippen LogP contribution is 1.93. The van der Waals surface area contributed by atoms with Gasteiger partial charge in [0.15, 0.2) is 0 Å². The lowest BCUT2D eigenvalue weighted by atomic mass is 10.3. The van der Waals surface area contributed by atoms with Crippen molar-refractivity contribution >= 4 is 0 Å². The molecular formula is C8H19NO. The molecule has 0 aliphatic carbocycles. The van der Waals surface area contributed by atoms with E-state index in [4.69, 9.17) is 5.11 Å². The largest absolute Gasteiger partial charge is 0.393 e. The molecule has 0 aromatic rings. The molecule has 0 aliphatic rings. The molecule has 2 nitrogen and oxygen atoms in total. The van der Waals surface area contributed by atoms with Crippen LogP contribution in [-0.4, -0.2) is 36.2 Å². The molecule has 0 bridgehead atoms. The second-order valence-corrected chi connectivity index (χ2v) is 2.94. The van der Waals surface area contributed by atoms with Gasteiger partial charge in [0.05, 0.1) is 6.10 Å². The van der Waals surface area contributed by atoms with Crippen LogP contribution in [0.3, 0.4) is 0 Å². The van der Waals surface area contributed by atoms with E-state index in [2.05, 4.69) is 18.9 Å². The minimum Gasteiger partial charge on any atom is -0.393 e. The topological polar surface area (TPSA) is 23.5 Å². The molecule has 2 heteroatoms. The normalized spacial score (nSPS) is 14.1. The van der Waals surface area contributed by atoms with Gasteiger partial charge in [-0.1, -0.05) is 6.92 Å². The fourth-order valence-corrected chi connectivity index (χ4v) is 0.901. The number of nitrogens with zero attached hydrogens (tertiary/aromatic N) is 1. The fraction of sp³-hybridized carbons (Fsp3) is 1.00. The number of aliphatic hydroxyl groups is 1. The summed E-state index contributed by atoms with van der Waals surface area (Å²) in [5.41, 5.74) is 0. The maximum Gasteiger partial charge on any atom is 0.0524 e. The predicted octanol–water partition coefficient (Wildman–Crippen LogP) is 1.10. The Bertz CT molecular complexity index is 73.7. The number of hydrogen-bond acceptors (Lipinski definition) is 2. The quantitative estimate of drug-likeness (QED) is 0.626. The first-order chi connectivity index (χ1) is 4.66. The molecular weight excluding hydrogens is 126 g/mol. The molecule has 1 atom stereocenters. The van der Waals surface area contributed by atoms with E-state index < -0.39 is 0 Å². The van der Waals surface area contributed by atoms with Crippen LogP contribution in [0.5, 0.6) is 0 Å². The molecule has 0 rings (SSSR count). The van der Waals surface area contributed by atoms with Crippen LogP contribution in [0, 0.1) is 0 Å². The average molecular weight is 145 g/mol. The molecule has 1 unspecified atom stereocenters. The SMILES string of the molecule is CCCN(C)CCC(C)O.